The van der Waals surface area contributed by atoms with Crippen molar-refractivity contribution in [3.63, 3.8) is 0 Å². The SMILES string of the molecule is Cc1noc(C)c1Cn1c(-c2ccccn2)n[nH]c1=S. The van der Waals surface area contributed by atoms with Crippen LogP contribution in [0.2, 0.25) is 0 Å². The average molecular weight is 287 g/mol. The Kier molecular flexibility index (Phi) is 3.19. The summed E-state index contributed by atoms with van der Waals surface area (Å²) in [5.41, 5.74) is 2.64. The van der Waals surface area contributed by atoms with Gasteiger partial charge in [0.05, 0.1) is 12.2 Å². The van der Waals surface area contributed by atoms with Crippen LogP contribution in [0.5, 0.6) is 0 Å². The molecule has 0 amide bonds. The fourth-order valence-electron chi connectivity index (χ4n) is 2.04. The zero-order chi connectivity index (χ0) is 14.1. The van der Waals surface area contributed by atoms with Gasteiger partial charge in [-0.15, -0.1) is 0 Å². The Balaban J connectivity index is 2.07. The monoisotopic (exact) mass is 287 g/mol. The summed E-state index contributed by atoms with van der Waals surface area (Å²) >= 11 is 5.30. The minimum absolute atomic E-state index is 0.547. The van der Waals surface area contributed by atoms with Crippen LogP contribution in [-0.2, 0) is 6.54 Å². The van der Waals surface area contributed by atoms with Gasteiger partial charge in [-0.1, -0.05) is 11.2 Å². The minimum atomic E-state index is 0.547. The predicted octanol–water partition coefficient (Wildman–Crippen LogP) is 2.66. The molecule has 1 N–H and O–H groups in total. The van der Waals surface area contributed by atoms with E-state index in [-0.39, 0.29) is 0 Å². The second-order valence-electron chi connectivity index (χ2n) is 4.46. The van der Waals surface area contributed by atoms with Crippen LogP contribution in [0.25, 0.3) is 11.5 Å². The number of H-pyrrole nitrogens is 1. The molecule has 20 heavy (non-hydrogen) atoms. The van der Waals surface area contributed by atoms with Crippen LogP contribution < -0.4 is 0 Å². The number of hydrogen-bond donors (Lipinski definition) is 1. The maximum Gasteiger partial charge on any atom is 0.195 e. The van der Waals surface area contributed by atoms with Crippen LogP contribution in [0.3, 0.4) is 0 Å². The number of pyridine rings is 1. The molecule has 0 spiro atoms. The highest BCUT2D eigenvalue weighted by molar-refractivity contribution is 7.71. The molecule has 3 aromatic rings. The molecule has 0 aliphatic carbocycles. The minimum Gasteiger partial charge on any atom is -0.361 e. The van der Waals surface area contributed by atoms with Crippen molar-refractivity contribution in [2.45, 2.75) is 20.4 Å². The molecule has 0 aliphatic rings. The molecule has 7 heteroatoms. The van der Waals surface area contributed by atoms with E-state index < -0.39 is 0 Å². The summed E-state index contributed by atoms with van der Waals surface area (Å²) in [4.78, 5) is 4.31. The molecule has 102 valence electrons. The van der Waals surface area contributed by atoms with Gasteiger partial charge in [-0.3, -0.25) is 14.6 Å². The quantitative estimate of drug-likeness (QED) is 0.750. The molecular formula is C13H13N5OS. The lowest BCUT2D eigenvalue weighted by atomic mass is 10.2. The van der Waals surface area contributed by atoms with Gasteiger partial charge in [0.2, 0.25) is 0 Å². The Morgan fingerprint density at radius 2 is 2.20 bits per heavy atom. The number of nitrogens with zero attached hydrogens (tertiary/aromatic N) is 4. The number of rotatable bonds is 3. The molecule has 3 rings (SSSR count). The zero-order valence-corrected chi connectivity index (χ0v) is 11.9. The first-order chi connectivity index (χ1) is 9.66. The van der Waals surface area contributed by atoms with E-state index >= 15 is 0 Å². The Hall–Kier alpha value is -2.28. The van der Waals surface area contributed by atoms with Gasteiger partial charge in [0.1, 0.15) is 11.5 Å². The highest BCUT2D eigenvalue weighted by Gasteiger charge is 2.15. The lowest BCUT2D eigenvalue weighted by Gasteiger charge is -2.05. The van der Waals surface area contributed by atoms with Crippen LogP contribution in [0, 0.1) is 18.6 Å². The lowest BCUT2D eigenvalue weighted by Crippen LogP contribution is -2.04. The van der Waals surface area contributed by atoms with Crippen LogP contribution in [0.15, 0.2) is 28.9 Å². The summed E-state index contributed by atoms with van der Waals surface area (Å²) in [6.07, 6.45) is 1.73. The fourth-order valence-corrected chi connectivity index (χ4v) is 2.24. The van der Waals surface area contributed by atoms with Crippen LogP contribution in [0.1, 0.15) is 17.0 Å². The first-order valence-electron chi connectivity index (χ1n) is 6.15. The van der Waals surface area contributed by atoms with Crippen molar-refractivity contribution in [1.82, 2.24) is 24.9 Å². The van der Waals surface area contributed by atoms with E-state index in [1.165, 1.54) is 0 Å². The number of nitrogens with one attached hydrogen (secondary N) is 1. The summed E-state index contributed by atoms with van der Waals surface area (Å²) in [6.45, 7) is 4.36. The van der Waals surface area contributed by atoms with Gasteiger partial charge in [0, 0.05) is 11.8 Å². The number of aromatic amines is 1. The Morgan fingerprint density at radius 1 is 1.35 bits per heavy atom. The summed E-state index contributed by atoms with van der Waals surface area (Å²) in [6, 6.07) is 5.68. The zero-order valence-electron chi connectivity index (χ0n) is 11.1. The van der Waals surface area contributed by atoms with E-state index in [0.717, 1.165) is 22.7 Å². The molecule has 0 aliphatic heterocycles. The smallest absolute Gasteiger partial charge is 0.195 e. The van der Waals surface area contributed by atoms with Gasteiger partial charge in [-0.2, -0.15) is 5.10 Å². The molecule has 3 heterocycles. The summed E-state index contributed by atoms with van der Waals surface area (Å²) in [7, 11) is 0. The van der Waals surface area contributed by atoms with Crippen LogP contribution in [0.4, 0.5) is 0 Å². The normalized spacial score (nSPS) is 10.9. The van der Waals surface area contributed by atoms with E-state index in [1.54, 1.807) is 6.20 Å². The number of hydrogen-bond acceptors (Lipinski definition) is 5. The highest BCUT2D eigenvalue weighted by Crippen LogP contribution is 2.19. The topological polar surface area (TPSA) is 72.5 Å². The summed E-state index contributed by atoms with van der Waals surface area (Å²) in [5, 5.41) is 11.0. The van der Waals surface area contributed by atoms with Crippen molar-refractivity contribution >= 4 is 12.2 Å². The van der Waals surface area contributed by atoms with Gasteiger partial charge in [0.25, 0.3) is 0 Å². The first-order valence-corrected chi connectivity index (χ1v) is 6.56. The molecule has 3 aromatic heterocycles. The third kappa shape index (κ3) is 2.16. The third-order valence-corrected chi connectivity index (χ3v) is 3.46. The van der Waals surface area contributed by atoms with E-state index in [2.05, 4.69) is 20.3 Å². The van der Waals surface area contributed by atoms with Gasteiger partial charge in [0.15, 0.2) is 10.6 Å². The molecule has 0 atom stereocenters. The maximum atomic E-state index is 5.30. The molecule has 0 radical (unpaired) electrons. The van der Waals surface area contributed by atoms with Crippen molar-refractivity contribution in [3.05, 3.63) is 46.2 Å². The fraction of sp³-hybridized carbons (Fsp3) is 0.231. The molecule has 0 saturated heterocycles. The van der Waals surface area contributed by atoms with E-state index in [0.29, 0.717) is 17.1 Å². The molecule has 0 saturated carbocycles. The van der Waals surface area contributed by atoms with Crippen molar-refractivity contribution in [2.24, 2.45) is 0 Å². The second-order valence-corrected chi connectivity index (χ2v) is 4.84. The van der Waals surface area contributed by atoms with Gasteiger partial charge >= 0.3 is 0 Å². The highest BCUT2D eigenvalue weighted by atomic mass is 32.1. The van der Waals surface area contributed by atoms with Crippen LogP contribution in [-0.4, -0.2) is 24.9 Å². The van der Waals surface area contributed by atoms with E-state index in [1.807, 2.05) is 36.6 Å². The largest absolute Gasteiger partial charge is 0.361 e. The summed E-state index contributed by atoms with van der Waals surface area (Å²) in [5.74, 6) is 1.49. The van der Waals surface area contributed by atoms with Crippen molar-refractivity contribution in [3.8, 4) is 11.5 Å². The maximum absolute atomic E-state index is 5.30. The van der Waals surface area contributed by atoms with E-state index in [9.17, 15) is 0 Å². The molecule has 0 bridgehead atoms. The molecular weight excluding hydrogens is 274 g/mol. The second kappa shape index (κ2) is 5.01. The summed E-state index contributed by atoms with van der Waals surface area (Å²) < 4.78 is 7.63. The predicted molar refractivity (Wildman–Crippen MR) is 75.7 cm³/mol. The van der Waals surface area contributed by atoms with Crippen molar-refractivity contribution in [1.29, 1.82) is 0 Å². The van der Waals surface area contributed by atoms with Gasteiger partial charge in [-0.25, -0.2) is 0 Å². The van der Waals surface area contributed by atoms with Crippen molar-refractivity contribution in [2.75, 3.05) is 0 Å². The van der Waals surface area contributed by atoms with E-state index in [4.69, 9.17) is 16.7 Å². The van der Waals surface area contributed by atoms with Crippen molar-refractivity contribution < 1.29 is 4.52 Å². The number of aryl methyl sites for hydroxylation is 2. The average Bonchev–Trinajstić information content (AvgIpc) is 2.98. The van der Waals surface area contributed by atoms with Crippen LogP contribution >= 0.6 is 12.2 Å². The Bertz CT molecular complexity index is 767. The lowest BCUT2D eigenvalue weighted by molar-refractivity contribution is 0.392. The standard InChI is InChI=1S/C13H13N5OS/c1-8-10(9(2)19-17-8)7-18-12(15-16-13(18)20)11-5-3-4-6-14-11/h3-6H,7H2,1-2H3,(H,16,20). The number of aromatic nitrogens is 5. The third-order valence-electron chi connectivity index (χ3n) is 3.15. The molecule has 0 unspecified atom stereocenters. The molecule has 6 nitrogen and oxygen atoms in total. The molecule has 0 aromatic carbocycles. The first kappa shape index (κ1) is 12.7. The molecule has 0 fully saturated rings. The van der Waals surface area contributed by atoms with Gasteiger partial charge in [-0.05, 0) is 38.2 Å². The Labute approximate surface area is 120 Å². The van der Waals surface area contributed by atoms with Gasteiger partial charge < -0.3 is 4.52 Å². The Morgan fingerprint density at radius 3 is 2.85 bits per heavy atom.